The lowest BCUT2D eigenvalue weighted by Gasteiger charge is -2.09. The molecule has 1 aliphatic heterocycles. The van der Waals surface area contributed by atoms with E-state index in [-0.39, 0.29) is 0 Å². The lowest BCUT2D eigenvalue weighted by Crippen LogP contribution is -2.24. The molecule has 1 aliphatic rings. The van der Waals surface area contributed by atoms with E-state index >= 15 is 0 Å². The van der Waals surface area contributed by atoms with E-state index in [0.29, 0.717) is 24.7 Å². The van der Waals surface area contributed by atoms with Gasteiger partial charge in [0.1, 0.15) is 5.78 Å². The molecule has 17 heavy (non-hydrogen) atoms. The molecule has 1 aromatic rings. The van der Waals surface area contributed by atoms with Crippen molar-refractivity contribution in [1.29, 1.82) is 0 Å². The summed E-state index contributed by atoms with van der Waals surface area (Å²) >= 11 is 0. The number of carbonyl (C=O) groups is 1. The number of hydrogen-bond donors (Lipinski definition) is 1. The van der Waals surface area contributed by atoms with Gasteiger partial charge in [0.15, 0.2) is 0 Å². The number of carbonyl (C=O) groups excluding carboxylic acids is 1. The van der Waals surface area contributed by atoms with E-state index in [1.54, 1.807) is 0 Å². The molecule has 90 valence electrons. The van der Waals surface area contributed by atoms with Gasteiger partial charge in [-0.1, -0.05) is 30.3 Å². The van der Waals surface area contributed by atoms with Crippen molar-refractivity contribution in [2.24, 2.45) is 10.9 Å². The Hall–Kier alpha value is -1.48. The highest BCUT2D eigenvalue weighted by Crippen LogP contribution is 2.09. The van der Waals surface area contributed by atoms with Crippen LogP contribution in [0, 0.1) is 5.92 Å². The second-order valence-electron chi connectivity index (χ2n) is 4.48. The fraction of sp³-hybridized carbons (Fsp3) is 0.429. The van der Waals surface area contributed by atoms with Crippen LogP contribution in [-0.2, 0) is 4.79 Å². The third kappa shape index (κ3) is 4.11. The highest BCUT2D eigenvalue weighted by molar-refractivity contribution is 5.80. The number of benzene rings is 1. The maximum atomic E-state index is 11.2. The van der Waals surface area contributed by atoms with Gasteiger partial charge in [-0.15, -0.1) is 0 Å². The summed E-state index contributed by atoms with van der Waals surface area (Å²) in [4.78, 5) is 15.7. The largest absolute Gasteiger partial charge is 0.310 e. The summed E-state index contributed by atoms with van der Waals surface area (Å²) < 4.78 is 0. The monoisotopic (exact) mass is 230 g/mol. The van der Waals surface area contributed by atoms with Crippen molar-refractivity contribution in [3.05, 3.63) is 35.9 Å². The number of rotatable bonds is 3. The van der Waals surface area contributed by atoms with Crippen LogP contribution in [0.5, 0.6) is 0 Å². The number of hydrogen-bond acceptors (Lipinski definition) is 3. The number of nitrogens with zero attached hydrogens (tertiary/aromatic N) is 1. The molecule has 3 heteroatoms. The Morgan fingerprint density at radius 2 is 2.18 bits per heavy atom. The fourth-order valence-corrected chi connectivity index (χ4v) is 1.97. The molecule has 0 amide bonds. The van der Waals surface area contributed by atoms with E-state index in [4.69, 9.17) is 0 Å². The zero-order chi connectivity index (χ0) is 11.9. The zero-order valence-electron chi connectivity index (χ0n) is 9.93. The summed E-state index contributed by atoms with van der Waals surface area (Å²) in [5, 5.41) is 3.17. The predicted octanol–water partition coefficient (Wildman–Crippen LogP) is 1.67. The first-order valence-electron chi connectivity index (χ1n) is 6.12. The summed E-state index contributed by atoms with van der Waals surface area (Å²) in [6, 6.07) is 10.1. The third-order valence-electron chi connectivity index (χ3n) is 2.99. The Morgan fingerprint density at radius 3 is 3.00 bits per heavy atom. The van der Waals surface area contributed by atoms with Crippen LogP contribution >= 0.6 is 0 Å². The molecule has 1 unspecified atom stereocenters. The number of Topliss-reactive ketones (excluding diaryl/α,β-unsaturated/α-hetero) is 1. The summed E-state index contributed by atoms with van der Waals surface area (Å²) in [6.45, 7) is 2.23. The SMILES string of the molecule is O=C1CCC(CN=Cc2ccccc2)CNC1. The Labute approximate surface area is 102 Å². The molecule has 2 rings (SSSR count). The van der Waals surface area contributed by atoms with Gasteiger partial charge in [-0.25, -0.2) is 0 Å². The van der Waals surface area contributed by atoms with Crippen molar-refractivity contribution in [2.45, 2.75) is 12.8 Å². The van der Waals surface area contributed by atoms with Crippen LogP contribution in [0.2, 0.25) is 0 Å². The molecule has 1 aromatic carbocycles. The Kier molecular flexibility index (Phi) is 4.45. The van der Waals surface area contributed by atoms with Gasteiger partial charge in [0, 0.05) is 25.7 Å². The van der Waals surface area contributed by atoms with Gasteiger partial charge in [0.05, 0.1) is 6.54 Å². The maximum absolute atomic E-state index is 11.2. The van der Waals surface area contributed by atoms with Gasteiger partial charge in [-0.3, -0.25) is 9.79 Å². The lowest BCUT2D eigenvalue weighted by molar-refractivity contribution is -0.118. The topological polar surface area (TPSA) is 41.5 Å². The van der Waals surface area contributed by atoms with Crippen molar-refractivity contribution in [2.75, 3.05) is 19.6 Å². The van der Waals surface area contributed by atoms with Crippen molar-refractivity contribution in [3.8, 4) is 0 Å². The van der Waals surface area contributed by atoms with Crippen LogP contribution in [0.25, 0.3) is 0 Å². The first-order chi connectivity index (χ1) is 8.34. The van der Waals surface area contributed by atoms with Crippen molar-refractivity contribution in [3.63, 3.8) is 0 Å². The lowest BCUT2D eigenvalue weighted by atomic mass is 10.0. The predicted molar refractivity (Wildman–Crippen MR) is 69.5 cm³/mol. The van der Waals surface area contributed by atoms with E-state index in [9.17, 15) is 4.79 Å². The Balaban J connectivity index is 1.81. The molecule has 1 heterocycles. The van der Waals surface area contributed by atoms with Crippen LogP contribution in [-0.4, -0.2) is 31.6 Å². The third-order valence-corrected chi connectivity index (χ3v) is 2.99. The molecular formula is C14H18N2O. The fourth-order valence-electron chi connectivity index (χ4n) is 1.97. The Morgan fingerprint density at radius 1 is 1.35 bits per heavy atom. The van der Waals surface area contributed by atoms with E-state index < -0.39 is 0 Å². The average Bonchev–Trinajstić information content (AvgIpc) is 2.56. The van der Waals surface area contributed by atoms with Gasteiger partial charge in [-0.2, -0.15) is 0 Å². The molecule has 0 saturated carbocycles. The van der Waals surface area contributed by atoms with E-state index in [1.165, 1.54) is 0 Å². The van der Waals surface area contributed by atoms with E-state index in [2.05, 4.69) is 10.3 Å². The van der Waals surface area contributed by atoms with Gasteiger partial charge in [0.25, 0.3) is 0 Å². The Bertz CT molecular complexity index is 386. The van der Waals surface area contributed by atoms with Gasteiger partial charge in [0.2, 0.25) is 0 Å². The average molecular weight is 230 g/mol. The quantitative estimate of drug-likeness (QED) is 0.803. The van der Waals surface area contributed by atoms with Crippen LogP contribution < -0.4 is 5.32 Å². The highest BCUT2D eigenvalue weighted by atomic mass is 16.1. The normalized spacial score (nSPS) is 21.6. The molecule has 0 spiro atoms. The number of aliphatic imine (C=N–C) groups is 1. The number of ketones is 1. The highest BCUT2D eigenvalue weighted by Gasteiger charge is 2.14. The summed E-state index contributed by atoms with van der Waals surface area (Å²) in [5.74, 6) is 0.806. The molecular weight excluding hydrogens is 212 g/mol. The van der Waals surface area contributed by atoms with Crippen molar-refractivity contribution >= 4 is 12.0 Å². The molecule has 1 atom stereocenters. The molecule has 3 nitrogen and oxygen atoms in total. The minimum absolute atomic E-state index is 0.319. The summed E-state index contributed by atoms with van der Waals surface area (Å²) in [5.41, 5.74) is 1.13. The maximum Gasteiger partial charge on any atom is 0.146 e. The molecule has 1 saturated heterocycles. The van der Waals surface area contributed by atoms with Crippen LogP contribution in [0.1, 0.15) is 18.4 Å². The standard InChI is InChI=1S/C14H18N2O/c17-14-7-6-13(10-16-11-14)9-15-8-12-4-2-1-3-5-12/h1-5,8,13,16H,6-7,9-11H2. The summed E-state index contributed by atoms with van der Waals surface area (Å²) in [6.07, 6.45) is 3.56. The van der Waals surface area contributed by atoms with Crippen molar-refractivity contribution < 1.29 is 4.79 Å². The zero-order valence-corrected chi connectivity index (χ0v) is 9.93. The second kappa shape index (κ2) is 6.30. The van der Waals surface area contributed by atoms with Crippen LogP contribution in [0.15, 0.2) is 35.3 Å². The molecule has 0 aliphatic carbocycles. The van der Waals surface area contributed by atoms with Gasteiger partial charge < -0.3 is 5.32 Å². The minimum atomic E-state index is 0.319. The van der Waals surface area contributed by atoms with Gasteiger partial charge >= 0.3 is 0 Å². The van der Waals surface area contributed by atoms with Gasteiger partial charge in [-0.05, 0) is 17.9 Å². The molecule has 0 aromatic heterocycles. The van der Waals surface area contributed by atoms with Crippen molar-refractivity contribution in [1.82, 2.24) is 5.32 Å². The minimum Gasteiger partial charge on any atom is -0.310 e. The first-order valence-corrected chi connectivity index (χ1v) is 6.12. The molecule has 1 N–H and O–H groups in total. The molecule has 0 bridgehead atoms. The first kappa shape index (κ1) is 12.0. The van der Waals surface area contributed by atoms with E-state index in [0.717, 1.165) is 25.1 Å². The summed E-state index contributed by atoms with van der Waals surface area (Å²) in [7, 11) is 0. The second-order valence-corrected chi connectivity index (χ2v) is 4.48. The van der Waals surface area contributed by atoms with Crippen LogP contribution in [0.4, 0.5) is 0 Å². The smallest absolute Gasteiger partial charge is 0.146 e. The number of nitrogens with one attached hydrogen (secondary N) is 1. The molecule has 0 radical (unpaired) electrons. The van der Waals surface area contributed by atoms with Crippen LogP contribution in [0.3, 0.4) is 0 Å². The van der Waals surface area contributed by atoms with E-state index in [1.807, 2.05) is 36.5 Å². The molecule has 1 fully saturated rings.